The number of hydrogen-bond donors (Lipinski definition) is 1. The normalized spacial score (nSPS) is 12.8. The third kappa shape index (κ3) is 6.03. The van der Waals surface area contributed by atoms with Crippen LogP contribution >= 0.6 is 11.3 Å². The molecule has 2 amide bonds. The highest BCUT2D eigenvalue weighted by Crippen LogP contribution is 2.38. The number of fused-ring (bicyclic) bond motifs is 1. The molecule has 0 saturated heterocycles. The van der Waals surface area contributed by atoms with Crippen LogP contribution in [-0.2, 0) is 33.7 Å². The van der Waals surface area contributed by atoms with Crippen molar-refractivity contribution in [3.63, 3.8) is 0 Å². The summed E-state index contributed by atoms with van der Waals surface area (Å²) in [4.78, 5) is 39.2. The number of benzene rings is 1. The van der Waals surface area contributed by atoms with Gasteiger partial charge in [-0.15, -0.1) is 11.3 Å². The minimum atomic E-state index is -2.90. The summed E-state index contributed by atoms with van der Waals surface area (Å²) >= 11 is 1.38. The number of nitrogens with one attached hydrogen (secondary N) is 1. The van der Waals surface area contributed by atoms with E-state index in [0.717, 1.165) is 36.1 Å². The van der Waals surface area contributed by atoms with Gasteiger partial charge in [-0.1, -0.05) is 12.1 Å². The Hall–Kier alpha value is -3.01. The van der Waals surface area contributed by atoms with E-state index < -0.39 is 25.1 Å². The molecule has 7 nitrogen and oxygen atoms in total. The fourth-order valence-corrected chi connectivity index (χ4v) is 4.80. The highest BCUT2D eigenvalue weighted by atomic mass is 32.1. The number of likely N-dealkylation sites (N-methyl/N-ethyl adjacent to an activating group) is 1. The number of carbonyl (C=O) groups excluding carboxylic acids is 3. The zero-order valence-corrected chi connectivity index (χ0v) is 18.6. The molecular formula is C22H24F2N2O5S. The largest absolute Gasteiger partial charge is 0.452 e. The Morgan fingerprint density at radius 3 is 2.50 bits per heavy atom. The van der Waals surface area contributed by atoms with Crippen LogP contribution in [0, 0.1) is 0 Å². The number of alkyl halides is 2. The quantitative estimate of drug-likeness (QED) is 0.595. The number of hydrogen-bond acceptors (Lipinski definition) is 6. The van der Waals surface area contributed by atoms with Gasteiger partial charge in [0.15, 0.2) is 6.61 Å². The first-order chi connectivity index (χ1) is 15.2. The lowest BCUT2D eigenvalue weighted by molar-refractivity contribution is -0.133. The van der Waals surface area contributed by atoms with E-state index in [1.54, 1.807) is 19.2 Å². The monoisotopic (exact) mass is 466 g/mol. The van der Waals surface area contributed by atoms with Crippen molar-refractivity contribution in [3.8, 4) is 5.75 Å². The van der Waals surface area contributed by atoms with Crippen LogP contribution in [0.3, 0.4) is 0 Å². The van der Waals surface area contributed by atoms with Crippen molar-refractivity contribution in [2.45, 2.75) is 45.8 Å². The van der Waals surface area contributed by atoms with Crippen LogP contribution in [0.5, 0.6) is 5.75 Å². The van der Waals surface area contributed by atoms with Crippen molar-refractivity contribution in [2.24, 2.45) is 0 Å². The van der Waals surface area contributed by atoms with E-state index in [9.17, 15) is 23.2 Å². The summed E-state index contributed by atoms with van der Waals surface area (Å²) in [5, 5.41) is 3.16. The van der Waals surface area contributed by atoms with E-state index in [2.05, 4.69) is 10.1 Å². The number of nitrogens with zero attached hydrogens (tertiary/aromatic N) is 1. The summed E-state index contributed by atoms with van der Waals surface area (Å²) in [5.74, 6) is -1.31. The summed E-state index contributed by atoms with van der Waals surface area (Å²) < 4.78 is 34.0. The van der Waals surface area contributed by atoms with Gasteiger partial charge in [-0.05, 0) is 48.9 Å². The van der Waals surface area contributed by atoms with Crippen LogP contribution < -0.4 is 10.1 Å². The molecule has 0 bridgehead atoms. The fraction of sp³-hybridized carbons (Fsp3) is 0.409. The first kappa shape index (κ1) is 23.6. The zero-order valence-electron chi connectivity index (χ0n) is 17.8. The second kappa shape index (κ2) is 10.5. The third-order valence-corrected chi connectivity index (χ3v) is 6.19. The van der Waals surface area contributed by atoms with Crippen molar-refractivity contribution in [1.29, 1.82) is 0 Å². The first-order valence-corrected chi connectivity index (χ1v) is 10.9. The van der Waals surface area contributed by atoms with Crippen LogP contribution in [-0.4, -0.2) is 42.9 Å². The van der Waals surface area contributed by atoms with Gasteiger partial charge in [-0.3, -0.25) is 9.59 Å². The predicted octanol–water partition coefficient (Wildman–Crippen LogP) is 4.00. The number of anilines is 1. The number of aryl methyl sites for hydroxylation is 1. The summed E-state index contributed by atoms with van der Waals surface area (Å²) in [7, 11) is 1.55. The van der Waals surface area contributed by atoms with Crippen LogP contribution in [0.4, 0.5) is 13.8 Å². The van der Waals surface area contributed by atoms with Crippen LogP contribution in [0.15, 0.2) is 24.3 Å². The van der Waals surface area contributed by atoms with E-state index in [-0.39, 0.29) is 18.2 Å². The zero-order chi connectivity index (χ0) is 23.3. The van der Waals surface area contributed by atoms with Gasteiger partial charge >= 0.3 is 12.6 Å². The van der Waals surface area contributed by atoms with Crippen molar-refractivity contribution >= 4 is 34.1 Å². The number of halogens is 2. The molecule has 1 aliphatic carbocycles. The number of thiophene rings is 1. The third-order valence-electron chi connectivity index (χ3n) is 4.99. The molecule has 172 valence electrons. The number of esters is 1. The standard InChI is InChI=1S/C22H24F2N2O5S/c1-13(27)25-20-19(16-5-3-4-6-17(16)32-20)21(29)30-12-18(28)26(2)11-14-7-9-15(10-8-14)31-22(23)24/h7-10,22H,3-6,11-12H2,1-2H3,(H,25,27). The lowest BCUT2D eigenvalue weighted by Crippen LogP contribution is -2.31. The number of carbonyl (C=O) groups is 3. The first-order valence-electron chi connectivity index (χ1n) is 10.1. The lowest BCUT2D eigenvalue weighted by atomic mass is 9.95. The fourth-order valence-electron chi connectivity index (χ4n) is 3.48. The topological polar surface area (TPSA) is 84.9 Å². The van der Waals surface area contributed by atoms with Crippen molar-refractivity contribution in [2.75, 3.05) is 19.0 Å². The lowest BCUT2D eigenvalue weighted by Gasteiger charge is -2.18. The maximum atomic E-state index is 12.8. The number of rotatable bonds is 8. The Kier molecular flexibility index (Phi) is 7.79. The van der Waals surface area contributed by atoms with E-state index in [1.165, 1.54) is 35.3 Å². The number of amides is 2. The minimum Gasteiger partial charge on any atom is -0.452 e. The van der Waals surface area contributed by atoms with Gasteiger partial charge < -0.3 is 19.7 Å². The molecule has 3 rings (SSSR count). The van der Waals surface area contributed by atoms with Crippen molar-refractivity contribution in [1.82, 2.24) is 4.90 Å². The Balaban J connectivity index is 1.60. The molecule has 1 aromatic heterocycles. The van der Waals surface area contributed by atoms with Gasteiger partial charge in [0.05, 0.1) is 5.56 Å². The smallest absolute Gasteiger partial charge is 0.387 e. The molecule has 0 saturated carbocycles. The van der Waals surface area contributed by atoms with Crippen molar-refractivity contribution < 1.29 is 32.6 Å². The molecule has 2 aromatic rings. The van der Waals surface area contributed by atoms with E-state index in [0.29, 0.717) is 16.1 Å². The average molecular weight is 467 g/mol. The Morgan fingerprint density at radius 1 is 1.16 bits per heavy atom. The van der Waals surface area contributed by atoms with Gasteiger partial charge in [0, 0.05) is 25.4 Å². The van der Waals surface area contributed by atoms with Gasteiger partial charge in [-0.2, -0.15) is 8.78 Å². The maximum absolute atomic E-state index is 12.8. The molecular weight excluding hydrogens is 442 g/mol. The summed E-state index contributed by atoms with van der Waals surface area (Å²) in [6, 6.07) is 5.93. The molecule has 0 radical (unpaired) electrons. The number of ether oxygens (including phenoxy) is 2. The summed E-state index contributed by atoms with van der Waals surface area (Å²) in [6.45, 7) is -1.78. The molecule has 10 heteroatoms. The van der Waals surface area contributed by atoms with Gasteiger partial charge in [0.25, 0.3) is 5.91 Å². The second-order valence-corrected chi connectivity index (χ2v) is 8.55. The predicted molar refractivity (Wildman–Crippen MR) is 115 cm³/mol. The Morgan fingerprint density at radius 2 is 1.84 bits per heavy atom. The van der Waals surface area contributed by atoms with E-state index >= 15 is 0 Å². The highest BCUT2D eigenvalue weighted by molar-refractivity contribution is 7.17. The maximum Gasteiger partial charge on any atom is 0.387 e. The molecule has 0 spiro atoms. The van der Waals surface area contributed by atoms with Crippen molar-refractivity contribution in [3.05, 3.63) is 45.8 Å². The van der Waals surface area contributed by atoms with E-state index in [4.69, 9.17) is 4.74 Å². The van der Waals surface area contributed by atoms with Gasteiger partial charge in [0.1, 0.15) is 10.8 Å². The van der Waals surface area contributed by atoms with E-state index in [1.807, 2.05) is 0 Å². The Bertz CT molecular complexity index is 991. The molecule has 1 aromatic carbocycles. The molecule has 0 aliphatic heterocycles. The van der Waals surface area contributed by atoms with Gasteiger partial charge in [0.2, 0.25) is 5.91 Å². The molecule has 0 atom stereocenters. The molecule has 0 unspecified atom stereocenters. The van der Waals surface area contributed by atoms with Crippen LogP contribution in [0.25, 0.3) is 0 Å². The van der Waals surface area contributed by atoms with Crippen LogP contribution in [0.2, 0.25) is 0 Å². The summed E-state index contributed by atoms with van der Waals surface area (Å²) in [5.41, 5.74) is 1.93. The minimum absolute atomic E-state index is 0.0285. The molecule has 1 heterocycles. The molecule has 32 heavy (non-hydrogen) atoms. The highest BCUT2D eigenvalue weighted by Gasteiger charge is 2.27. The molecule has 1 aliphatic rings. The summed E-state index contributed by atoms with van der Waals surface area (Å²) in [6.07, 6.45) is 3.56. The van der Waals surface area contributed by atoms with Gasteiger partial charge in [-0.25, -0.2) is 4.79 Å². The molecule has 1 N–H and O–H groups in total. The average Bonchev–Trinajstić information content (AvgIpc) is 3.09. The Labute approximate surface area is 188 Å². The van der Waals surface area contributed by atoms with Crippen LogP contribution in [0.1, 0.15) is 46.1 Å². The second-order valence-electron chi connectivity index (χ2n) is 7.44. The molecule has 0 fully saturated rings. The SMILES string of the molecule is CC(=O)Nc1sc2c(c1C(=O)OCC(=O)N(C)Cc1ccc(OC(F)F)cc1)CCCC2.